The molecule has 0 fully saturated rings. The highest BCUT2D eigenvalue weighted by Gasteiger charge is 2.17. The lowest BCUT2D eigenvalue weighted by molar-refractivity contribution is -0.117. The van der Waals surface area contributed by atoms with E-state index in [1.54, 1.807) is 68.8 Å². The molecule has 2 aromatic carbocycles. The second kappa shape index (κ2) is 8.00. The van der Waals surface area contributed by atoms with Crippen LogP contribution in [0.15, 0.2) is 59.5 Å². The minimum absolute atomic E-state index is 0.234. The van der Waals surface area contributed by atoms with Gasteiger partial charge in [0.05, 0.1) is 24.7 Å². The molecule has 0 spiro atoms. The first kappa shape index (κ1) is 19.7. The van der Waals surface area contributed by atoms with Crippen LogP contribution in [0.4, 0.5) is 5.69 Å². The third-order valence-corrected chi connectivity index (χ3v) is 4.82. The molecular weight excluding hydrogens is 406 g/mol. The van der Waals surface area contributed by atoms with Gasteiger partial charge in [-0.2, -0.15) is 10.2 Å². The first-order valence-corrected chi connectivity index (χ1v) is 9.49. The molecule has 1 N–H and O–H groups in total. The fourth-order valence-electron chi connectivity index (χ4n) is 3.14. The van der Waals surface area contributed by atoms with Gasteiger partial charge in [0.1, 0.15) is 17.8 Å². The Morgan fingerprint density at radius 1 is 1.20 bits per heavy atom. The van der Waals surface area contributed by atoms with Crippen LogP contribution in [0.2, 0.25) is 5.02 Å². The van der Waals surface area contributed by atoms with E-state index in [0.29, 0.717) is 38.7 Å². The van der Waals surface area contributed by atoms with Crippen molar-refractivity contribution in [2.24, 2.45) is 0 Å². The Balaban J connectivity index is 1.67. The van der Waals surface area contributed by atoms with E-state index in [0.717, 1.165) is 4.68 Å². The Kier molecular flexibility index (Phi) is 5.24. The summed E-state index contributed by atoms with van der Waals surface area (Å²) in [6, 6.07) is 13.9. The zero-order chi connectivity index (χ0) is 21.3. The first-order valence-electron chi connectivity index (χ1n) is 9.11. The molecule has 0 atom stereocenters. The van der Waals surface area contributed by atoms with Crippen molar-refractivity contribution in [1.82, 2.24) is 19.6 Å². The number of rotatable bonds is 5. The van der Waals surface area contributed by atoms with Gasteiger partial charge in [-0.25, -0.2) is 9.36 Å². The molecule has 0 aliphatic carbocycles. The van der Waals surface area contributed by atoms with E-state index in [4.69, 9.17) is 16.3 Å². The predicted octanol–water partition coefficient (Wildman–Crippen LogP) is 3.19. The molecule has 0 bridgehead atoms. The van der Waals surface area contributed by atoms with Crippen molar-refractivity contribution in [3.8, 4) is 11.4 Å². The molecule has 2 heterocycles. The predicted molar refractivity (Wildman–Crippen MR) is 114 cm³/mol. The lowest BCUT2D eigenvalue weighted by Crippen LogP contribution is -2.31. The number of hydrogen-bond donors (Lipinski definition) is 1. The summed E-state index contributed by atoms with van der Waals surface area (Å²) in [5.41, 5.74) is 1.75. The van der Waals surface area contributed by atoms with Gasteiger partial charge in [-0.1, -0.05) is 17.7 Å². The molecule has 1 amide bonds. The topological polar surface area (TPSA) is 91.0 Å². The van der Waals surface area contributed by atoms with Crippen LogP contribution in [0, 0.1) is 6.92 Å². The molecular formula is C21H18ClN5O3. The lowest BCUT2D eigenvalue weighted by Gasteiger charge is -2.10. The maximum atomic E-state index is 13.1. The van der Waals surface area contributed by atoms with Gasteiger partial charge in [-0.3, -0.25) is 9.59 Å². The van der Waals surface area contributed by atoms with E-state index in [2.05, 4.69) is 15.5 Å². The fraction of sp³-hybridized carbons (Fsp3) is 0.143. The van der Waals surface area contributed by atoms with Gasteiger partial charge in [-0.05, 0) is 49.4 Å². The van der Waals surface area contributed by atoms with Crippen LogP contribution in [0.25, 0.3) is 16.6 Å². The molecule has 0 radical (unpaired) electrons. The Hall–Kier alpha value is -3.65. The van der Waals surface area contributed by atoms with Crippen molar-refractivity contribution < 1.29 is 9.53 Å². The van der Waals surface area contributed by atoms with E-state index >= 15 is 0 Å². The summed E-state index contributed by atoms with van der Waals surface area (Å²) in [5.74, 6) is 0.309. The van der Waals surface area contributed by atoms with Crippen molar-refractivity contribution >= 4 is 34.1 Å². The van der Waals surface area contributed by atoms with Crippen LogP contribution in [0.5, 0.6) is 5.75 Å². The largest absolute Gasteiger partial charge is 0.497 e. The molecule has 9 heteroatoms. The smallest absolute Gasteiger partial charge is 0.293 e. The number of benzene rings is 2. The number of carbonyl (C=O) groups excluding carboxylic acids is 1. The van der Waals surface area contributed by atoms with Gasteiger partial charge in [0.15, 0.2) is 0 Å². The number of aromatic nitrogens is 4. The monoisotopic (exact) mass is 423 g/mol. The number of fused-ring (bicyclic) bond motifs is 1. The maximum absolute atomic E-state index is 13.1. The molecule has 4 aromatic rings. The van der Waals surface area contributed by atoms with Crippen molar-refractivity contribution in [2.75, 3.05) is 12.4 Å². The number of nitrogens with one attached hydrogen (secondary N) is 1. The van der Waals surface area contributed by atoms with Crippen LogP contribution in [0.3, 0.4) is 0 Å². The summed E-state index contributed by atoms with van der Waals surface area (Å²) >= 11 is 6.08. The summed E-state index contributed by atoms with van der Waals surface area (Å²) in [5, 5.41) is 12.5. The normalized spacial score (nSPS) is 10.9. The molecule has 0 saturated heterocycles. The highest BCUT2D eigenvalue weighted by molar-refractivity contribution is 6.30. The molecule has 0 saturated carbocycles. The van der Waals surface area contributed by atoms with Crippen molar-refractivity contribution in [2.45, 2.75) is 13.5 Å². The van der Waals surface area contributed by atoms with Gasteiger partial charge < -0.3 is 10.1 Å². The van der Waals surface area contributed by atoms with Crippen LogP contribution in [-0.4, -0.2) is 32.6 Å². The zero-order valence-corrected chi connectivity index (χ0v) is 17.1. The summed E-state index contributed by atoms with van der Waals surface area (Å²) in [6.45, 7) is 1.53. The second-order valence-electron chi connectivity index (χ2n) is 6.62. The quantitative estimate of drug-likeness (QED) is 0.532. The number of aryl methyl sites for hydroxylation is 1. The Bertz CT molecular complexity index is 1290. The van der Waals surface area contributed by atoms with Gasteiger partial charge in [-0.15, -0.1) is 0 Å². The summed E-state index contributed by atoms with van der Waals surface area (Å²) in [4.78, 5) is 25.6. The second-order valence-corrected chi connectivity index (χ2v) is 7.06. The number of methoxy groups -OCH3 is 1. The molecule has 30 heavy (non-hydrogen) atoms. The zero-order valence-electron chi connectivity index (χ0n) is 16.3. The number of halogens is 1. The minimum Gasteiger partial charge on any atom is -0.497 e. The highest BCUT2D eigenvalue weighted by atomic mass is 35.5. The van der Waals surface area contributed by atoms with E-state index in [1.165, 1.54) is 4.68 Å². The number of ether oxygens (including phenoxy) is 1. The number of nitrogens with zero attached hydrogens (tertiary/aromatic N) is 4. The van der Waals surface area contributed by atoms with Gasteiger partial charge in [0, 0.05) is 16.1 Å². The van der Waals surface area contributed by atoms with Crippen molar-refractivity contribution in [3.05, 3.63) is 75.8 Å². The lowest BCUT2D eigenvalue weighted by atomic mass is 10.2. The van der Waals surface area contributed by atoms with Crippen LogP contribution < -0.4 is 15.6 Å². The molecule has 8 nitrogen and oxygen atoms in total. The molecule has 0 aliphatic rings. The van der Waals surface area contributed by atoms with Gasteiger partial charge in [0.2, 0.25) is 5.91 Å². The average molecular weight is 424 g/mol. The standard InChI is InChI=1S/C21H18ClN5O3/c1-13-18-11-23-27(16-5-3-4-14(22)10-16)20(18)21(29)26(25-13)12-19(28)24-15-6-8-17(30-2)9-7-15/h3-11H,12H2,1-2H3,(H,24,28). The highest BCUT2D eigenvalue weighted by Crippen LogP contribution is 2.20. The molecule has 0 aliphatic heterocycles. The minimum atomic E-state index is -0.419. The van der Waals surface area contributed by atoms with Crippen molar-refractivity contribution in [3.63, 3.8) is 0 Å². The Morgan fingerprint density at radius 3 is 2.67 bits per heavy atom. The third-order valence-electron chi connectivity index (χ3n) is 4.59. The molecule has 0 unspecified atom stereocenters. The number of carbonyl (C=O) groups is 1. The molecule has 2 aromatic heterocycles. The van der Waals surface area contributed by atoms with E-state index in [-0.39, 0.29) is 12.5 Å². The van der Waals surface area contributed by atoms with E-state index in [1.807, 2.05) is 0 Å². The van der Waals surface area contributed by atoms with E-state index in [9.17, 15) is 9.59 Å². The summed E-state index contributed by atoms with van der Waals surface area (Å²) in [6.07, 6.45) is 1.59. The van der Waals surface area contributed by atoms with Crippen LogP contribution >= 0.6 is 11.6 Å². The summed E-state index contributed by atoms with van der Waals surface area (Å²) in [7, 11) is 1.57. The average Bonchev–Trinajstić information content (AvgIpc) is 3.18. The van der Waals surface area contributed by atoms with Gasteiger partial charge in [0.25, 0.3) is 5.56 Å². The van der Waals surface area contributed by atoms with Crippen LogP contribution in [-0.2, 0) is 11.3 Å². The Labute approximate surface area is 176 Å². The summed E-state index contributed by atoms with van der Waals surface area (Å²) < 4.78 is 7.75. The first-order chi connectivity index (χ1) is 14.5. The number of anilines is 1. The van der Waals surface area contributed by atoms with Crippen molar-refractivity contribution in [1.29, 1.82) is 0 Å². The van der Waals surface area contributed by atoms with E-state index < -0.39 is 5.56 Å². The Morgan fingerprint density at radius 2 is 1.97 bits per heavy atom. The molecule has 152 valence electrons. The fourth-order valence-corrected chi connectivity index (χ4v) is 3.33. The maximum Gasteiger partial charge on any atom is 0.293 e. The SMILES string of the molecule is COc1ccc(NC(=O)Cn2nc(C)c3cnn(-c4cccc(Cl)c4)c3c2=O)cc1. The third kappa shape index (κ3) is 3.77. The number of hydrogen-bond acceptors (Lipinski definition) is 5. The van der Waals surface area contributed by atoms with Gasteiger partial charge >= 0.3 is 0 Å². The van der Waals surface area contributed by atoms with Crippen LogP contribution in [0.1, 0.15) is 5.69 Å². The molecule has 4 rings (SSSR count). The number of amides is 1.